The molecular weight excluding hydrogens is 254 g/mol. The van der Waals surface area contributed by atoms with Gasteiger partial charge in [-0.2, -0.15) is 15.8 Å². The first-order chi connectivity index (χ1) is 9.54. The van der Waals surface area contributed by atoms with Crippen LogP contribution in [-0.4, -0.2) is 24.9 Å². The van der Waals surface area contributed by atoms with E-state index < -0.39 is 0 Å². The molecule has 0 radical (unpaired) electrons. The topological polar surface area (TPSA) is 104 Å². The van der Waals surface area contributed by atoms with E-state index in [9.17, 15) is 4.79 Å². The molecule has 1 aromatic carbocycles. The molecule has 0 spiro atoms. The monoisotopic (exact) mass is 265 g/mol. The highest BCUT2D eigenvalue weighted by Gasteiger charge is 2.14. The van der Waals surface area contributed by atoms with Crippen LogP contribution in [-0.2, 0) is 0 Å². The average molecular weight is 265 g/mol. The number of carbonyl (C=O) groups excluding carboxylic acids is 1. The van der Waals surface area contributed by atoms with Gasteiger partial charge in [-0.15, -0.1) is 0 Å². The molecule has 0 aromatic heterocycles. The molecule has 0 aliphatic carbocycles. The Morgan fingerprint density at radius 1 is 1.10 bits per heavy atom. The van der Waals surface area contributed by atoms with Gasteiger partial charge in [0, 0.05) is 14.1 Å². The fourth-order valence-electron chi connectivity index (χ4n) is 1.44. The van der Waals surface area contributed by atoms with Crippen molar-refractivity contribution in [3.63, 3.8) is 0 Å². The van der Waals surface area contributed by atoms with Gasteiger partial charge in [0.25, 0.3) is 5.91 Å². The molecule has 0 fully saturated rings. The molecule has 0 aliphatic heterocycles. The molecule has 0 atom stereocenters. The van der Waals surface area contributed by atoms with Crippen LogP contribution in [0.15, 0.2) is 35.5 Å². The molecule has 1 amide bonds. The van der Waals surface area contributed by atoms with Gasteiger partial charge in [-0.25, -0.2) is 0 Å². The van der Waals surface area contributed by atoms with Crippen molar-refractivity contribution >= 4 is 11.6 Å². The summed E-state index contributed by atoms with van der Waals surface area (Å²) in [6.07, 6.45) is 0. The number of nitriles is 3. The first kappa shape index (κ1) is 14.8. The largest absolute Gasteiger partial charge is 0.345 e. The van der Waals surface area contributed by atoms with Gasteiger partial charge in [0.2, 0.25) is 0 Å². The summed E-state index contributed by atoms with van der Waals surface area (Å²) in [5.74, 6) is -0.249. The van der Waals surface area contributed by atoms with E-state index in [2.05, 4.69) is 5.32 Å². The SMILES string of the molecule is CN(C)C(=O)c1ccccc1NC(C#N)=C(C#N)C#N. The van der Waals surface area contributed by atoms with Crippen molar-refractivity contribution in [3.8, 4) is 18.2 Å². The van der Waals surface area contributed by atoms with Gasteiger partial charge in [0.05, 0.1) is 11.3 Å². The van der Waals surface area contributed by atoms with E-state index in [0.717, 1.165) is 0 Å². The maximum atomic E-state index is 12.0. The first-order valence-corrected chi connectivity index (χ1v) is 5.57. The lowest BCUT2D eigenvalue weighted by atomic mass is 10.1. The minimum atomic E-state index is -0.334. The van der Waals surface area contributed by atoms with E-state index in [-0.39, 0.29) is 17.2 Å². The number of allylic oxidation sites excluding steroid dienone is 2. The molecule has 1 N–H and O–H groups in total. The Bertz CT molecular complexity index is 667. The molecule has 6 nitrogen and oxygen atoms in total. The van der Waals surface area contributed by atoms with Crippen LogP contribution in [0, 0.1) is 34.0 Å². The fourth-order valence-corrected chi connectivity index (χ4v) is 1.44. The first-order valence-electron chi connectivity index (χ1n) is 5.57. The molecule has 0 saturated carbocycles. The standard InChI is InChI=1S/C14H11N5O/c1-19(2)14(20)11-5-3-4-6-12(11)18-13(9-17)10(7-15)8-16/h3-6,18H,1-2H3. The number of nitrogens with zero attached hydrogens (tertiary/aromatic N) is 4. The van der Waals surface area contributed by atoms with Gasteiger partial charge in [-0.05, 0) is 12.1 Å². The van der Waals surface area contributed by atoms with Crippen LogP contribution in [0.3, 0.4) is 0 Å². The van der Waals surface area contributed by atoms with Gasteiger partial charge in [0.1, 0.15) is 23.9 Å². The Labute approximate surface area is 116 Å². The zero-order chi connectivity index (χ0) is 15.1. The van der Waals surface area contributed by atoms with Crippen LogP contribution in [0.25, 0.3) is 0 Å². The normalized spacial score (nSPS) is 8.55. The molecule has 0 saturated heterocycles. The minimum absolute atomic E-state index is 0.186. The number of rotatable bonds is 3. The van der Waals surface area contributed by atoms with E-state index >= 15 is 0 Å². The molecule has 0 unspecified atom stereocenters. The van der Waals surface area contributed by atoms with Crippen LogP contribution >= 0.6 is 0 Å². The number of benzene rings is 1. The van der Waals surface area contributed by atoms with Gasteiger partial charge in [-0.1, -0.05) is 12.1 Å². The van der Waals surface area contributed by atoms with Crippen molar-refractivity contribution in [2.75, 3.05) is 19.4 Å². The van der Waals surface area contributed by atoms with Gasteiger partial charge in [-0.3, -0.25) is 4.79 Å². The molecule has 0 aliphatic rings. The number of anilines is 1. The molecule has 1 aromatic rings. The van der Waals surface area contributed by atoms with E-state index in [4.69, 9.17) is 15.8 Å². The summed E-state index contributed by atoms with van der Waals surface area (Å²) in [4.78, 5) is 13.4. The number of hydrogen-bond acceptors (Lipinski definition) is 5. The summed E-state index contributed by atoms with van der Waals surface area (Å²) in [7, 11) is 3.21. The highest BCUT2D eigenvalue weighted by molar-refractivity contribution is 5.99. The molecule has 98 valence electrons. The van der Waals surface area contributed by atoms with Crippen molar-refractivity contribution in [2.24, 2.45) is 0 Å². The maximum absolute atomic E-state index is 12.0. The number of amides is 1. The average Bonchev–Trinajstić information content (AvgIpc) is 2.46. The van der Waals surface area contributed by atoms with E-state index in [1.54, 1.807) is 56.6 Å². The van der Waals surface area contributed by atoms with Crippen molar-refractivity contribution in [1.29, 1.82) is 15.8 Å². The van der Waals surface area contributed by atoms with Gasteiger partial charge in [0.15, 0.2) is 5.57 Å². The van der Waals surface area contributed by atoms with E-state index in [1.807, 2.05) is 0 Å². The third-order valence-corrected chi connectivity index (χ3v) is 2.41. The van der Waals surface area contributed by atoms with Crippen LogP contribution in [0.2, 0.25) is 0 Å². The van der Waals surface area contributed by atoms with Crippen LogP contribution in [0.5, 0.6) is 0 Å². The molecule has 1 rings (SSSR count). The second-order valence-corrected chi connectivity index (χ2v) is 3.96. The van der Waals surface area contributed by atoms with Gasteiger partial charge < -0.3 is 10.2 Å². The van der Waals surface area contributed by atoms with Crippen LogP contribution in [0.1, 0.15) is 10.4 Å². The predicted molar refractivity (Wildman–Crippen MR) is 71.9 cm³/mol. The van der Waals surface area contributed by atoms with Crippen molar-refractivity contribution < 1.29 is 4.79 Å². The van der Waals surface area contributed by atoms with Crippen molar-refractivity contribution in [3.05, 3.63) is 41.1 Å². The number of para-hydroxylation sites is 1. The van der Waals surface area contributed by atoms with Gasteiger partial charge >= 0.3 is 0 Å². The van der Waals surface area contributed by atoms with E-state index in [1.165, 1.54) is 4.90 Å². The maximum Gasteiger partial charge on any atom is 0.255 e. The van der Waals surface area contributed by atoms with E-state index in [0.29, 0.717) is 11.3 Å². The highest BCUT2D eigenvalue weighted by atomic mass is 16.2. The Balaban J connectivity index is 3.28. The predicted octanol–water partition coefficient (Wildman–Crippen LogP) is 1.63. The third-order valence-electron chi connectivity index (χ3n) is 2.41. The lowest BCUT2D eigenvalue weighted by molar-refractivity contribution is 0.0828. The summed E-state index contributed by atoms with van der Waals surface area (Å²) in [6.45, 7) is 0. The Hall–Kier alpha value is -3.30. The summed E-state index contributed by atoms with van der Waals surface area (Å²) >= 11 is 0. The molecule has 0 bridgehead atoms. The molecule has 0 heterocycles. The Kier molecular flexibility index (Phi) is 4.86. The zero-order valence-electron chi connectivity index (χ0n) is 11.0. The van der Waals surface area contributed by atoms with Crippen molar-refractivity contribution in [2.45, 2.75) is 0 Å². The molecular formula is C14H11N5O. The number of carbonyl (C=O) groups is 1. The Morgan fingerprint density at radius 2 is 1.70 bits per heavy atom. The summed E-state index contributed by atoms with van der Waals surface area (Å²) in [5.41, 5.74) is 0.194. The third kappa shape index (κ3) is 3.13. The smallest absolute Gasteiger partial charge is 0.255 e. The summed E-state index contributed by atoms with van der Waals surface area (Å²) < 4.78 is 0. The number of nitrogens with one attached hydrogen (secondary N) is 1. The molecule has 6 heteroatoms. The lowest BCUT2D eigenvalue weighted by Crippen LogP contribution is -2.22. The quantitative estimate of drug-likeness (QED) is 0.836. The van der Waals surface area contributed by atoms with Crippen molar-refractivity contribution in [1.82, 2.24) is 4.90 Å². The fraction of sp³-hybridized carbons (Fsp3) is 0.143. The molecule has 20 heavy (non-hydrogen) atoms. The summed E-state index contributed by atoms with van der Waals surface area (Å²) in [5, 5.41) is 29.2. The second-order valence-electron chi connectivity index (χ2n) is 3.96. The minimum Gasteiger partial charge on any atom is -0.345 e. The number of hydrogen-bond donors (Lipinski definition) is 1. The van der Waals surface area contributed by atoms with Crippen LogP contribution < -0.4 is 5.32 Å². The van der Waals surface area contributed by atoms with Crippen LogP contribution in [0.4, 0.5) is 5.69 Å². The zero-order valence-corrected chi connectivity index (χ0v) is 11.0. The second kappa shape index (κ2) is 6.58. The Morgan fingerprint density at radius 3 is 2.20 bits per heavy atom. The lowest BCUT2D eigenvalue weighted by Gasteiger charge is -2.14. The summed E-state index contributed by atoms with van der Waals surface area (Å²) in [6, 6.07) is 11.6. The highest BCUT2D eigenvalue weighted by Crippen LogP contribution is 2.19.